The zero-order valence-corrected chi connectivity index (χ0v) is 18.5. The molecular formula is C21H22N4O3S2. The summed E-state index contributed by atoms with van der Waals surface area (Å²) in [4.78, 5) is 24.0. The number of carbonyl (C=O) groups excluding carboxylic acids is 2. The van der Waals surface area contributed by atoms with Gasteiger partial charge in [0, 0.05) is 11.3 Å². The van der Waals surface area contributed by atoms with Crippen LogP contribution in [-0.4, -0.2) is 33.7 Å². The summed E-state index contributed by atoms with van der Waals surface area (Å²) in [6.45, 7) is 5.79. The van der Waals surface area contributed by atoms with Gasteiger partial charge in [-0.3, -0.25) is 9.59 Å². The van der Waals surface area contributed by atoms with Gasteiger partial charge in [0.15, 0.2) is 10.1 Å². The maximum atomic E-state index is 12.5. The molecule has 156 valence electrons. The van der Waals surface area contributed by atoms with E-state index < -0.39 is 0 Å². The fourth-order valence-corrected chi connectivity index (χ4v) is 4.45. The Morgan fingerprint density at radius 3 is 2.73 bits per heavy atom. The molecule has 0 fully saturated rings. The Morgan fingerprint density at radius 1 is 1.17 bits per heavy atom. The fraction of sp³-hybridized carbons (Fsp3) is 0.238. The number of carbonyl (C=O) groups is 2. The highest BCUT2D eigenvalue weighted by Gasteiger charge is 2.18. The average Bonchev–Trinajstić information content (AvgIpc) is 3.16. The van der Waals surface area contributed by atoms with Crippen LogP contribution in [0.25, 0.3) is 0 Å². The Hall–Kier alpha value is -2.91. The second kappa shape index (κ2) is 10.2. The Balaban J connectivity index is 1.60. The number of nitrogens with one attached hydrogen (secondary N) is 2. The summed E-state index contributed by atoms with van der Waals surface area (Å²) in [6, 6.07) is 14.5. The van der Waals surface area contributed by atoms with Crippen LogP contribution in [0.15, 0.2) is 52.9 Å². The number of Topliss-reactive ketones (excluding diaryl/α,β-unsaturated/α-hetero) is 1. The minimum atomic E-state index is -0.387. The minimum absolute atomic E-state index is 0.0478. The molecule has 3 aromatic rings. The Bertz CT molecular complexity index is 1040. The lowest BCUT2D eigenvalue weighted by molar-refractivity contribution is -0.115. The number of aromatic nitrogens is 2. The predicted molar refractivity (Wildman–Crippen MR) is 121 cm³/mol. The Labute approximate surface area is 183 Å². The van der Waals surface area contributed by atoms with Crippen molar-refractivity contribution in [3.05, 3.63) is 54.1 Å². The number of para-hydroxylation sites is 2. The van der Waals surface area contributed by atoms with E-state index in [9.17, 15) is 9.59 Å². The van der Waals surface area contributed by atoms with E-state index in [0.29, 0.717) is 27.3 Å². The van der Waals surface area contributed by atoms with E-state index in [0.717, 1.165) is 11.4 Å². The molecule has 0 saturated carbocycles. The van der Waals surface area contributed by atoms with Gasteiger partial charge in [-0.15, -0.1) is 10.2 Å². The van der Waals surface area contributed by atoms with Crippen LogP contribution in [-0.2, 0) is 4.79 Å². The number of anilines is 3. The second-order valence-electron chi connectivity index (χ2n) is 6.31. The van der Waals surface area contributed by atoms with E-state index in [2.05, 4.69) is 20.8 Å². The topological polar surface area (TPSA) is 93.2 Å². The van der Waals surface area contributed by atoms with Crippen molar-refractivity contribution in [1.82, 2.24) is 10.2 Å². The van der Waals surface area contributed by atoms with Gasteiger partial charge >= 0.3 is 0 Å². The third kappa shape index (κ3) is 5.80. The molecular weight excluding hydrogens is 420 g/mol. The third-order valence-corrected chi connectivity index (χ3v) is 6.04. The average molecular weight is 443 g/mol. The Morgan fingerprint density at radius 2 is 1.97 bits per heavy atom. The summed E-state index contributed by atoms with van der Waals surface area (Å²) in [5.41, 5.74) is 1.95. The number of ether oxygens (including phenoxy) is 1. The molecule has 1 aromatic heterocycles. The molecule has 0 aliphatic rings. The number of thioether (sulfide) groups is 1. The summed E-state index contributed by atoms with van der Waals surface area (Å²) in [5.74, 6) is 0.519. The maximum absolute atomic E-state index is 12.5. The molecule has 2 N–H and O–H groups in total. The summed E-state index contributed by atoms with van der Waals surface area (Å²) in [5, 5.41) is 14.6. The van der Waals surface area contributed by atoms with E-state index in [1.807, 2.05) is 31.2 Å². The summed E-state index contributed by atoms with van der Waals surface area (Å²) in [7, 11) is 0. The molecule has 0 radical (unpaired) electrons. The number of amides is 1. The lowest BCUT2D eigenvalue weighted by atomic mass is 10.1. The van der Waals surface area contributed by atoms with Gasteiger partial charge in [-0.2, -0.15) is 0 Å². The number of hydrogen-bond donors (Lipinski definition) is 2. The maximum Gasteiger partial charge on any atom is 0.237 e. The molecule has 9 heteroatoms. The van der Waals surface area contributed by atoms with Crippen LogP contribution in [0.1, 0.15) is 31.1 Å². The van der Waals surface area contributed by atoms with Crippen molar-refractivity contribution < 1.29 is 14.3 Å². The lowest BCUT2D eigenvalue weighted by Gasteiger charge is -2.11. The first-order valence-electron chi connectivity index (χ1n) is 9.37. The first kappa shape index (κ1) is 21.8. The molecule has 1 atom stereocenters. The van der Waals surface area contributed by atoms with Crippen LogP contribution in [0, 0.1) is 0 Å². The lowest BCUT2D eigenvalue weighted by Crippen LogP contribution is -2.22. The van der Waals surface area contributed by atoms with E-state index in [4.69, 9.17) is 4.74 Å². The van der Waals surface area contributed by atoms with Crippen LogP contribution < -0.4 is 15.4 Å². The molecule has 0 bridgehead atoms. The van der Waals surface area contributed by atoms with Gasteiger partial charge in [0.05, 0.1) is 17.5 Å². The van der Waals surface area contributed by atoms with E-state index in [-0.39, 0.29) is 16.9 Å². The molecule has 0 aliphatic carbocycles. The highest BCUT2D eigenvalue weighted by atomic mass is 32.2. The molecule has 3 rings (SSSR count). The zero-order chi connectivity index (χ0) is 21.5. The van der Waals surface area contributed by atoms with Crippen molar-refractivity contribution in [3.8, 4) is 5.75 Å². The number of ketones is 1. The number of rotatable bonds is 9. The summed E-state index contributed by atoms with van der Waals surface area (Å²) < 4.78 is 6.28. The van der Waals surface area contributed by atoms with E-state index in [1.54, 1.807) is 31.2 Å². The minimum Gasteiger partial charge on any atom is -0.492 e. The van der Waals surface area contributed by atoms with Gasteiger partial charge in [-0.05, 0) is 45.0 Å². The number of nitrogens with zero attached hydrogens (tertiary/aromatic N) is 2. The number of hydrogen-bond acceptors (Lipinski definition) is 8. The monoisotopic (exact) mass is 442 g/mol. The van der Waals surface area contributed by atoms with Gasteiger partial charge in [0.1, 0.15) is 5.75 Å². The first-order valence-corrected chi connectivity index (χ1v) is 11.1. The molecule has 0 saturated heterocycles. The second-order valence-corrected chi connectivity index (χ2v) is 8.88. The Kier molecular flexibility index (Phi) is 7.42. The van der Waals surface area contributed by atoms with Gasteiger partial charge in [0.25, 0.3) is 0 Å². The SMILES string of the molecule is CCOc1ccccc1Nc1nnc(S[C@H](C)C(=O)Nc2cccc(C(C)=O)c2)s1. The van der Waals surface area contributed by atoms with Gasteiger partial charge in [-0.1, -0.05) is 47.4 Å². The van der Waals surface area contributed by atoms with Crippen molar-refractivity contribution >= 4 is 51.3 Å². The van der Waals surface area contributed by atoms with Crippen molar-refractivity contribution in [1.29, 1.82) is 0 Å². The van der Waals surface area contributed by atoms with Crippen molar-refractivity contribution in [2.45, 2.75) is 30.4 Å². The molecule has 7 nitrogen and oxygen atoms in total. The third-order valence-electron chi connectivity index (χ3n) is 4.02. The zero-order valence-electron chi connectivity index (χ0n) is 16.8. The van der Waals surface area contributed by atoms with Gasteiger partial charge in [-0.25, -0.2) is 0 Å². The molecule has 0 spiro atoms. The normalized spacial score (nSPS) is 11.6. The quantitative estimate of drug-likeness (QED) is 0.356. The predicted octanol–water partition coefficient (Wildman–Crippen LogP) is 5.00. The molecule has 0 aliphatic heterocycles. The molecule has 2 aromatic carbocycles. The number of benzene rings is 2. The van der Waals surface area contributed by atoms with Crippen LogP contribution >= 0.6 is 23.1 Å². The van der Waals surface area contributed by atoms with Crippen LogP contribution in [0.5, 0.6) is 5.75 Å². The van der Waals surface area contributed by atoms with Gasteiger partial charge < -0.3 is 15.4 Å². The fourth-order valence-electron chi connectivity index (χ4n) is 2.54. The van der Waals surface area contributed by atoms with Crippen molar-refractivity contribution in [2.75, 3.05) is 17.2 Å². The van der Waals surface area contributed by atoms with Crippen LogP contribution in [0.3, 0.4) is 0 Å². The first-order chi connectivity index (χ1) is 14.5. The van der Waals surface area contributed by atoms with Crippen LogP contribution in [0.4, 0.5) is 16.5 Å². The smallest absolute Gasteiger partial charge is 0.237 e. The van der Waals surface area contributed by atoms with Gasteiger partial charge in [0.2, 0.25) is 11.0 Å². The molecule has 1 amide bonds. The largest absolute Gasteiger partial charge is 0.492 e. The van der Waals surface area contributed by atoms with Crippen LogP contribution in [0.2, 0.25) is 0 Å². The van der Waals surface area contributed by atoms with E-state index in [1.165, 1.54) is 30.0 Å². The molecule has 0 unspecified atom stereocenters. The highest BCUT2D eigenvalue weighted by molar-refractivity contribution is 8.02. The molecule has 30 heavy (non-hydrogen) atoms. The molecule has 1 heterocycles. The standard InChI is InChI=1S/C21H22N4O3S2/c1-4-28-18-11-6-5-10-17(18)23-20-24-25-21(30-20)29-14(3)19(27)22-16-9-7-8-15(12-16)13(2)26/h5-12,14H,4H2,1-3H3,(H,22,27)(H,23,24)/t14-/m1/s1. The van der Waals surface area contributed by atoms with E-state index >= 15 is 0 Å². The summed E-state index contributed by atoms with van der Waals surface area (Å²) in [6.07, 6.45) is 0. The van der Waals surface area contributed by atoms with Crippen molar-refractivity contribution in [3.63, 3.8) is 0 Å². The highest BCUT2D eigenvalue weighted by Crippen LogP contribution is 2.33. The van der Waals surface area contributed by atoms with Crippen molar-refractivity contribution in [2.24, 2.45) is 0 Å². The summed E-state index contributed by atoms with van der Waals surface area (Å²) >= 11 is 2.68.